The minimum atomic E-state index is -0.441. The first kappa shape index (κ1) is 15.8. The SMILES string of the molecule is Cc1cc(C)c(Oc2ccc(CBr)c(Cl)c2)c([N+](=O)[O-])c1. The number of nitrogens with zero attached hydrogens (tertiary/aromatic N) is 1. The van der Waals surface area contributed by atoms with Crippen molar-refractivity contribution in [3.63, 3.8) is 0 Å². The van der Waals surface area contributed by atoms with E-state index in [-0.39, 0.29) is 11.4 Å². The number of benzene rings is 2. The van der Waals surface area contributed by atoms with Crippen LogP contribution in [0, 0.1) is 24.0 Å². The van der Waals surface area contributed by atoms with Gasteiger partial charge in [0.15, 0.2) is 0 Å². The summed E-state index contributed by atoms with van der Waals surface area (Å²) >= 11 is 9.45. The summed E-state index contributed by atoms with van der Waals surface area (Å²) in [5, 5.41) is 12.4. The second-order valence-electron chi connectivity index (χ2n) is 4.68. The molecule has 0 fully saturated rings. The molecular weight excluding hydrogens is 358 g/mol. The Kier molecular flexibility index (Phi) is 4.85. The Bertz CT molecular complexity index is 704. The summed E-state index contributed by atoms with van der Waals surface area (Å²) in [6, 6.07) is 8.56. The van der Waals surface area contributed by atoms with Crippen molar-refractivity contribution in [2.75, 3.05) is 0 Å². The van der Waals surface area contributed by atoms with Gasteiger partial charge >= 0.3 is 5.69 Å². The lowest BCUT2D eigenvalue weighted by molar-refractivity contribution is -0.385. The number of aryl methyl sites for hydroxylation is 2. The Morgan fingerprint density at radius 2 is 2.00 bits per heavy atom. The lowest BCUT2D eigenvalue weighted by Crippen LogP contribution is -1.97. The van der Waals surface area contributed by atoms with Crippen LogP contribution in [0.4, 0.5) is 5.69 Å². The van der Waals surface area contributed by atoms with Crippen molar-refractivity contribution in [3.8, 4) is 11.5 Å². The number of nitro groups is 1. The van der Waals surface area contributed by atoms with Crippen LogP contribution in [-0.2, 0) is 5.33 Å². The molecule has 0 aliphatic rings. The highest BCUT2D eigenvalue weighted by Gasteiger charge is 2.19. The van der Waals surface area contributed by atoms with Crippen molar-refractivity contribution >= 4 is 33.2 Å². The van der Waals surface area contributed by atoms with E-state index in [2.05, 4.69) is 15.9 Å². The quantitative estimate of drug-likeness (QED) is 0.402. The Labute approximate surface area is 136 Å². The monoisotopic (exact) mass is 369 g/mol. The molecule has 0 aromatic heterocycles. The predicted molar refractivity (Wildman–Crippen MR) is 86.7 cm³/mol. The minimum Gasteiger partial charge on any atom is -0.450 e. The second kappa shape index (κ2) is 6.45. The molecule has 2 aromatic carbocycles. The molecule has 0 aliphatic carbocycles. The largest absolute Gasteiger partial charge is 0.450 e. The molecule has 6 heteroatoms. The summed E-state index contributed by atoms with van der Waals surface area (Å²) in [6.07, 6.45) is 0. The summed E-state index contributed by atoms with van der Waals surface area (Å²) in [7, 11) is 0. The molecule has 0 spiro atoms. The van der Waals surface area contributed by atoms with Gasteiger partial charge in [-0.2, -0.15) is 0 Å². The second-order valence-corrected chi connectivity index (χ2v) is 5.64. The van der Waals surface area contributed by atoms with Gasteiger partial charge in [-0.1, -0.05) is 39.7 Å². The summed E-state index contributed by atoms with van der Waals surface area (Å²) < 4.78 is 5.70. The molecule has 0 N–H and O–H groups in total. The van der Waals surface area contributed by atoms with Crippen LogP contribution in [0.15, 0.2) is 30.3 Å². The van der Waals surface area contributed by atoms with Crippen molar-refractivity contribution in [1.29, 1.82) is 0 Å². The van der Waals surface area contributed by atoms with Crippen molar-refractivity contribution < 1.29 is 9.66 Å². The van der Waals surface area contributed by atoms with Crippen LogP contribution in [-0.4, -0.2) is 4.92 Å². The van der Waals surface area contributed by atoms with E-state index >= 15 is 0 Å². The molecule has 110 valence electrons. The van der Waals surface area contributed by atoms with Gasteiger partial charge in [0.25, 0.3) is 0 Å². The van der Waals surface area contributed by atoms with E-state index < -0.39 is 4.92 Å². The fraction of sp³-hybridized carbons (Fsp3) is 0.200. The van der Waals surface area contributed by atoms with E-state index in [0.717, 1.165) is 11.1 Å². The van der Waals surface area contributed by atoms with Crippen LogP contribution in [0.3, 0.4) is 0 Å². The number of hydrogen-bond acceptors (Lipinski definition) is 3. The van der Waals surface area contributed by atoms with Gasteiger partial charge in [-0.05, 0) is 42.7 Å². The fourth-order valence-corrected chi connectivity index (χ4v) is 2.91. The number of ether oxygens (including phenoxy) is 1. The number of nitro benzene ring substituents is 1. The van der Waals surface area contributed by atoms with Crippen LogP contribution in [0.1, 0.15) is 16.7 Å². The highest BCUT2D eigenvalue weighted by atomic mass is 79.9. The molecule has 0 saturated heterocycles. The van der Waals surface area contributed by atoms with Gasteiger partial charge in [0.1, 0.15) is 5.75 Å². The first-order chi connectivity index (χ1) is 9.92. The maximum absolute atomic E-state index is 11.2. The van der Waals surface area contributed by atoms with E-state index in [1.54, 1.807) is 19.1 Å². The molecule has 0 unspecified atom stereocenters. The van der Waals surface area contributed by atoms with Gasteiger partial charge in [0, 0.05) is 16.4 Å². The van der Waals surface area contributed by atoms with Gasteiger partial charge in [-0.3, -0.25) is 10.1 Å². The lowest BCUT2D eigenvalue weighted by atomic mass is 10.1. The standard InChI is InChI=1S/C15H13BrClNO3/c1-9-5-10(2)15(14(6-9)18(19)20)21-12-4-3-11(8-16)13(17)7-12/h3-7H,8H2,1-2H3. The zero-order valence-electron chi connectivity index (χ0n) is 11.5. The molecule has 0 amide bonds. The number of hydrogen-bond donors (Lipinski definition) is 0. The fourth-order valence-electron chi connectivity index (χ4n) is 2.02. The molecule has 0 heterocycles. The minimum absolute atomic E-state index is 0.0480. The Hall–Kier alpha value is -1.59. The summed E-state index contributed by atoms with van der Waals surface area (Å²) in [5.41, 5.74) is 2.41. The zero-order valence-corrected chi connectivity index (χ0v) is 13.9. The van der Waals surface area contributed by atoms with Crippen molar-refractivity contribution in [3.05, 3.63) is 62.2 Å². The smallest absolute Gasteiger partial charge is 0.312 e. The number of alkyl halides is 1. The van der Waals surface area contributed by atoms with E-state index in [1.807, 2.05) is 19.1 Å². The van der Waals surface area contributed by atoms with E-state index in [0.29, 0.717) is 21.7 Å². The molecule has 4 nitrogen and oxygen atoms in total. The predicted octanol–water partition coefficient (Wildman–Crippen LogP) is 5.55. The van der Waals surface area contributed by atoms with E-state index in [4.69, 9.17) is 16.3 Å². The third-order valence-electron chi connectivity index (χ3n) is 2.98. The molecule has 2 aromatic rings. The van der Waals surface area contributed by atoms with E-state index in [1.165, 1.54) is 6.07 Å². The van der Waals surface area contributed by atoms with Gasteiger partial charge in [0.05, 0.1) is 4.92 Å². The van der Waals surface area contributed by atoms with E-state index in [9.17, 15) is 10.1 Å². The number of rotatable bonds is 4. The highest BCUT2D eigenvalue weighted by molar-refractivity contribution is 9.08. The molecule has 0 radical (unpaired) electrons. The Morgan fingerprint density at radius 1 is 1.29 bits per heavy atom. The molecule has 0 saturated carbocycles. The Morgan fingerprint density at radius 3 is 2.57 bits per heavy atom. The van der Waals surface area contributed by atoms with Crippen LogP contribution in [0.25, 0.3) is 0 Å². The third-order valence-corrected chi connectivity index (χ3v) is 3.94. The first-order valence-corrected chi connectivity index (χ1v) is 7.70. The molecular formula is C15H13BrClNO3. The summed E-state index contributed by atoms with van der Waals surface area (Å²) in [6.45, 7) is 3.59. The average Bonchev–Trinajstić information content (AvgIpc) is 2.41. The number of halogens is 2. The topological polar surface area (TPSA) is 52.4 Å². The zero-order chi connectivity index (χ0) is 15.6. The van der Waals surface area contributed by atoms with Crippen LogP contribution >= 0.6 is 27.5 Å². The average molecular weight is 371 g/mol. The maximum Gasteiger partial charge on any atom is 0.312 e. The molecule has 0 atom stereocenters. The Balaban J connectivity index is 2.44. The van der Waals surface area contributed by atoms with Crippen LogP contribution < -0.4 is 4.74 Å². The first-order valence-electron chi connectivity index (χ1n) is 6.20. The summed E-state index contributed by atoms with van der Waals surface area (Å²) in [5.74, 6) is 0.716. The normalized spacial score (nSPS) is 10.5. The van der Waals surface area contributed by atoms with Gasteiger partial charge in [-0.15, -0.1) is 0 Å². The van der Waals surface area contributed by atoms with Crippen molar-refractivity contribution in [1.82, 2.24) is 0 Å². The maximum atomic E-state index is 11.2. The highest BCUT2D eigenvalue weighted by Crippen LogP contribution is 2.36. The molecule has 2 rings (SSSR count). The molecule has 21 heavy (non-hydrogen) atoms. The van der Waals surface area contributed by atoms with Crippen molar-refractivity contribution in [2.24, 2.45) is 0 Å². The van der Waals surface area contributed by atoms with Gasteiger partial charge in [-0.25, -0.2) is 0 Å². The van der Waals surface area contributed by atoms with Crippen LogP contribution in [0.5, 0.6) is 11.5 Å². The summed E-state index contributed by atoms with van der Waals surface area (Å²) in [4.78, 5) is 10.7. The molecule has 0 bridgehead atoms. The van der Waals surface area contributed by atoms with Crippen LogP contribution in [0.2, 0.25) is 5.02 Å². The third kappa shape index (κ3) is 3.54. The van der Waals surface area contributed by atoms with Crippen molar-refractivity contribution in [2.45, 2.75) is 19.2 Å². The lowest BCUT2D eigenvalue weighted by Gasteiger charge is -2.11. The van der Waals surface area contributed by atoms with Gasteiger partial charge < -0.3 is 4.74 Å². The molecule has 0 aliphatic heterocycles. The van der Waals surface area contributed by atoms with Gasteiger partial charge in [0.2, 0.25) is 5.75 Å².